The van der Waals surface area contributed by atoms with Crippen LogP contribution in [0.5, 0.6) is 0 Å². The molecule has 146 valence electrons. The van der Waals surface area contributed by atoms with Gasteiger partial charge < -0.3 is 15.0 Å². The molecule has 7 nitrogen and oxygen atoms in total. The van der Waals surface area contributed by atoms with Crippen LogP contribution in [0, 0.1) is 11.6 Å². The van der Waals surface area contributed by atoms with Crippen molar-refractivity contribution < 1.29 is 18.3 Å². The maximum Gasteiger partial charge on any atom is 0.237 e. The Kier molecular flexibility index (Phi) is 6.27. The first-order chi connectivity index (χ1) is 13.0. The van der Waals surface area contributed by atoms with Crippen molar-refractivity contribution in [1.29, 1.82) is 0 Å². The lowest BCUT2D eigenvalue weighted by molar-refractivity contribution is -0.115. The minimum absolute atomic E-state index is 0.0557. The summed E-state index contributed by atoms with van der Waals surface area (Å²) in [5.74, 6) is -1.16. The number of thioether (sulfide) groups is 1. The second-order valence-electron chi connectivity index (χ2n) is 6.00. The summed E-state index contributed by atoms with van der Waals surface area (Å²) in [6, 6.07) is 3.03. The highest BCUT2D eigenvalue weighted by Gasteiger charge is 2.23. The van der Waals surface area contributed by atoms with Crippen LogP contribution in [0.15, 0.2) is 23.4 Å². The molecule has 1 fully saturated rings. The SMILES string of the molecule is CCn1c(S[C@H](C)C(=O)Nc2ccc(F)cc2F)nnc1N1CCOCC1. The van der Waals surface area contributed by atoms with Crippen LogP contribution in [0.3, 0.4) is 0 Å². The van der Waals surface area contributed by atoms with Gasteiger partial charge >= 0.3 is 0 Å². The van der Waals surface area contributed by atoms with E-state index >= 15 is 0 Å². The lowest BCUT2D eigenvalue weighted by Crippen LogP contribution is -2.38. The molecule has 1 N–H and O–H groups in total. The minimum atomic E-state index is -0.813. The number of hydrogen-bond donors (Lipinski definition) is 1. The van der Waals surface area contributed by atoms with Gasteiger partial charge in [-0.05, 0) is 26.0 Å². The largest absolute Gasteiger partial charge is 0.378 e. The van der Waals surface area contributed by atoms with Gasteiger partial charge in [0, 0.05) is 25.7 Å². The van der Waals surface area contributed by atoms with Crippen LogP contribution in [0.4, 0.5) is 20.4 Å². The number of ether oxygens (including phenoxy) is 1. The Morgan fingerprint density at radius 3 is 2.74 bits per heavy atom. The van der Waals surface area contributed by atoms with Crippen LogP contribution < -0.4 is 10.2 Å². The van der Waals surface area contributed by atoms with Gasteiger partial charge in [-0.15, -0.1) is 10.2 Å². The number of carbonyl (C=O) groups is 1. The molecule has 0 saturated carbocycles. The number of aromatic nitrogens is 3. The molecule has 0 bridgehead atoms. The number of rotatable bonds is 6. The Morgan fingerprint density at radius 2 is 2.07 bits per heavy atom. The Hall–Kier alpha value is -2.20. The molecule has 2 aromatic rings. The van der Waals surface area contributed by atoms with Crippen molar-refractivity contribution in [3.63, 3.8) is 0 Å². The molecule has 27 heavy (non-hydrogen) atoms. The zero-order valence-corrected chi connectivity index (χ0v) is 15.9. The number of carbonyl (C=O) groups excluding carboxylic acids is 1. The summed E-state index contributed by atoms with van der Waals surface area (Å²) in [6.45, 7) is 7.09. The number of halogens is 2. The first-order valence-electron chi connectivity index (χ1n) is 8.68. The smallest absolute Gasteiger partial charge is 0.237 e. The average molecular weight is 397 g/mol. The molecule has 2 heterocycles. The number of morpholine rings is 1. The van der Waals surface area contributed by atoms with Gasteiger partial charge in [0.1, 0.15) is 11.6 Å². The normalized spacial score (nSPS) is 15.6. The van der Waals surface area contributed by atoms with E-state index in [9.17, 15) is 13.6 Å². The highest BCUT2D eigenvalue weighted by molar-refractivity contribution is 8.00. The van der Waals surface area contributed by atoms with Gasteiger partial charge in [0.15, 0.2) is 5.16 Å². The van der Waals surface area contributed by atoms with Crippen LogP contribution in [0.1, 0.15) is 13.8 Å². The van der Waals surface area contributed by atoms with Crippen molar-refractivity contribution >= 4 is 29.3 Å². The summed E-state index contributed by atoms with van der Waals surface area (Å²) in [4.78, 5) is 14.5. The number of benzene rings is 1. The number of nitrogens with one attached hydrogen (secondary N) is 1. The predicted molar refractivity (Wildman–Crippen MR) is 99.0 cm³/mol. The Bertz CT molecular complexity index is 811. The van der Waals surface area contributed by atoms with Gasteiger partial charge in [-0.1, -0.05) is 11.8 Å². The molecular formula is C17H21F2N5O2S. The van der Waals surface area contributed by atoms with Crippen LogP contribution in [0.25, 0.3) is 0 Å². The zero-order valence-electron chi connectivity index (χ0n) is 15.1. The van der Waals surface area contributed by atoms with E-state index in [4.69, 9.17) is 4.74 Å². The maximum absolute atomic E-state index is 13.7. The van der Waals surface area contributed by atoms with Crippen LogP contribution in [-0.4, -0.2) is 52.2 Å². The van der Waals surface area contributed by atoms with Crippen LogP contribution >= 0.6 is 11.8 Å². The molecule has 0 aliphatic carbocycles. The molecule has 0 unspecified atom stereocenters. The third-order valence-corrected chi connectivity index (χ3v) is 5.23. The van der Waals surface area contributed by atoms with Gasteiger partial charge in [-0.2, -0.15) is 0 Å². The van der Waals surface area contributed by atoms with Crippen molar-refractivity contribution in [3.05, 3.63) is 29.8 Å². The summed E-state index contributed by atoms with van der Waals surface area (Å²) in [6.07, 6.45) is 0. The zero-order chi connectivity index (χ0) is 19.4. The Balaban J connectivity index is 1.68. The van der Waals surface area contributed by atoms with E-state index in [1.54, 1.807) is 6.92 Å². The van der Waals surface area contributed by atoms with Gasteiger partial charge in [-0.3, -0.25) is 9.36 Å². The summed E-state index contributed by atoms with van der Waals surface area (Å²) < 4.78 is 34.0. The van der Waals surface area contributed by atoms with E-state index in [1.165, 1.54) is 17.8 Å². The van der Waals surface area contributed by atoms with Crippen molar-refractivity contribution in [1.82, 2.24) is 14.8 Å². The fraction of sp³-hybridized carbons (Fsp3) is 0.471. The highest BCUT2D eigenvalue weighted by Crippen LogP contribution is 2.27. The van der Waals surface area contributed by atoms with Crippen molar-refractivity contribution in [3.8, 4) is 0 Å². The van der Waals surface area contributed by atoms with Gasteiger partial charge in [-0.25, -0.2) is 8.78 Å². The lowest BCUT2D eigenvalue weighted by Gasteiger charge is -2.27. The predicted octanol–water partition coefficient (Wildman–Crippen LogP) is 2.53. The van der Waals surface area contributed by atoms with Crippen molar-refractivity contribution in [2.75, 3.05) is 36.5 Å². The number of anilines is 2. The minimum Gasteiger partial charge on any atom is -0.378 e. The van der Waals surface area contributed by atoms with Gasteiger partial charge in [0.25, 0.3) is 0 Å². The second kappa shape index (κ2) is 8.66. The number of nitrogens with zero attached hydrogens (tertiary/aromatic N) is 4. The summed E-state index contributed by atoms with van der Waals surface area (Å²) in [7, 11) is 0. The second-order valence-corrected chi connectivity index (χ2v) is 7.31. The third-order valence-electron chi connectivity index (χ3n) is 4.15. The number of amides is 1. The van der Waals surface area contributed by atoms with Crippen molar-refractivity contribution in [2.24, 2.45) is 0 Å². The first kappa shape index (κ1) is 19.6. The van der Waals surface area contributed by atoms with E-state index in [0.29, 0.717) is 24.9 Å². The fourth-order valence-electron chi connectivity index (χ4n) is 2.68. The molecule has 3 rings (SSSR count). The molecule has 1 aromatic heterocycles. The molecule has 1 atom stereocenters. The average Bonchev–Trinajstić information content (AvgIpc) is 3.07. The summed E-state index contributed by atoms with van der Waals surface area (Å²) >= 11 is 1.24. The highest BCUT2D eigenvalue weighted by atomic mass is 32.2. The topological polar surface area (TPSA) is 72.3 Å². The van der Waals surface area contributed by atoms with E-state index in [0.717, 1.165) is 31.2 Å². The maximum atomic E-state index is 13.7. The molecule has 1 aliphatic heterocycles. The molecule has 10 heteroatoms. The fourth-order valence-corrected chi connectivity index (χ4v) is 3.59. The summed E-state index contributed by atoms with van der Waals surface area (Å²) in [5, 5.41) is 11.0. The van der Waals surface area contributed by atoms with Crippen LogP contribution in [-0.2, 0) is 16.1 Å². The van der Waals surface area contributed by atoms with Gasteiger partial charge in [0.2, 0.25) is 11.9 Å². The van der Waals surface area contributed by atoms with Gasteiger partial charge in [0.05, 0.1) is 24.2 Å². The Morgan fingerprint density at radius 1 is 1.33 bits per heavy atom. The molecule has 1 aliphatic rings. The van der Waals surface area contributed by atoms with Crippen LogP contribution in [0.2, 0.25) is 0 Å². The molecule has 1 aromatic carbocycles. The number of hydrogen-bond acceptors (Lipinski definition) is 6. The summed E-state index contributed by atoms with van der Waals surface area (Å²) in [5.41, 5.74) is -0.0557. The van der Waals surface area contributed by atoms with E-state index in [2.05, 4.69) is 20.4 Å². The van der Waals surface area contributed by atoms with Crippen molar-refractivity contribution in [2.45, 2.75) is 30.8 Å². The third kappa shape index (κ3) is 4.56. The van der Waals surface area contributed by atoms with E-state index in [1.807, 2.05) is 11.5 Å². The van der Waals surface area contributed by atoms with E-state index < -0.39 is 22.8 Å². The monoisotopic (exact) mass is 397 g/mol. The molecule has 1 amide bonds. The molecule has 1 saturated heterocycles. The Labute approximate surface area is 160 Å². The molecule has 0 spiro atoms. The lowest BCUT2D eigenvalue weighted by atomic mass is 10.3. The standard InChI is InChI=1S/C17H21F2N5O2S/c1-3-24-16(23-6-8-26-9-7-23)21-22-17(24)27-11(2)15(25)20-14-5-4-12(18)10-13(14)19/h4-5,10-11H,3,6-9H2,1-2H3,(H,20,25)/t11-/m1/s1. The first-order valence-corrected chi connectivity index (χ1v) is 9.56. The molecular weight excluding hydrogens is 376 g/mol. The van der Waals surface area contributed by atoms with E-state index in [-0.39, 0.29) is 5.69 Å². The molecule has 0 radical (unpaired) electrons. The quantitative estimate of drug-likeness (QED) is 0.756.